The second kappa shape index (κ2) is 5.46. The topological polar surface area (TPSA) is 26.3 Å². The van der Waals surface area contributed by atoms with Crippen LogP contribution in [0.5, 0.6) is 0 Å². The van der Waals surface area contributed by atoms with Crippen LogP contribution in [-0.4, -0.2) is 18.5 Å². The summed E-state index contributed by atoms with van der Waals surface area (Å²) in [4.78, 5) is 11.9. The Bertz CT molecular complexity index is 370. The third kappa shape index (κ3) is 2.83. The van der Waals surface area contributed by atoms with E-state index in [4.69, 9.17) is 16.3 Å². The van der Waals surface area contributed by atoms with Crippen molar-refractivity contribution in [3.63, 3.8) is 0 Å². The summed E-state index contributed by atoms with van der Waals surface area (Å²) in [5, 5.41) is 0.542. The fraction of sp³-hybridized carbons (Fsp3) is 0.462. The molecule has 0 aliphatic carbocycles. The van der Waals surface area contributed by atoms with Gasteiger partial charge in [0, 0.05) is 18.6 Å². The Kier molecular flexibility index (Phi) is 3.97. The van der Waals surface area contributed by atoms with Gasteiger partial charge >= 0.3 is 0 Å². The molecule has 0 saturated carbocycles. The van der Waals surface area contributed by atoms with Crippen LogP contribution in [-0.2, 0) is 4.74 Å². The van der Waals surface area contributed by atoms with Crippen LogP contribution in [0.25, 0.3) is 0 Å². The molecule has 0 bridgehead atoms. The molecule has 1 saturated heterocycles. The van der Waals surface area contributed by atoms with E-state index in [0.29, 0.717) is 17.0 Å². The Morgan fingerprint density at radius 3 is 2.94 bits per heavy atom. The Balaban J connectivity index is 1.90. The van der Waals surface area contributed by atoms with Gasteiger partial charge in [0.2, 0.25) is 0 Å². The lowest BCUT2D eigenvalue weighted by atomic mass is 10.0. The van der Waals surface area contributed by atoms with Crippen LogP contribution >= 0.6 is 11.6 Å². The number of Topliss-reactive ketones (excluding diaryl/α,β-unsaturated/α-hetero) is 1. The molecule has 1 unspecified atom stereocenters. The van der Waals surface area contributed by atoms with Crippen molar-refractivity contribution >= 4 is 17.4 Å². The number of benzene rings is 1. The Morgan fingerprint density at radius 2 is 2.25 bits per heavy atom. The summed E-state index contributed by atoms with van der Waals surface area (Å²) < 4.78 is 5.48. The first-order chi connectivity index (χ1) is 7.77. The van der Waals surface area contributed by atoms with Crippen LogP contribution < -0.4 is 0 Å². The van der Waals surface area contributed by atoms with Crippen LogP contribution in [0.15, 0.2) is 24.3 Å². The number of ether oxygens (including phenoxy) is 1. The van der Waals surface area contributed by atoms with Gasteiger partial charge in [0.05, 0.1) is 11.1 Å². The van der Waals surface area contributed by atoms with Gasteiger partial charge in [-0.05, 0) is 31.4 Å². The summed E-state index contributed by atoms with van der Waals surface area (Å²) in [6.45, 7) is 0.838. The van der Waals surface area contributed by atoms with Gasteiger partial charge in [-0.1, -0.05) is 23.7 Å². The van der Waals surface area contributed by atoms with E-state index in [1.807, 2.05) is 12.1 Å². The van der Waals surface area contributed by atoms with Crippen LogP contribution in [0.2, 0.25) is 5.02 Å². The Hall–Kier alpha value is -0.860. The van der Waals surface area contributed by atoms with Crippen LogP contribution in [0.4, 0.5) is 0 Å². The van der Waals surface area contributed by atoms with E-state index >= 15 is 0 Å². The highest BCUT2D eigenvalue weighted by Gasteiger charge is 2.18. The maximum atomic E-state index is 11.9. The van der Waals surface area contributed by atoms with Gasteiger partial charge in [-0.15, -0.1) is 0 Å². The van der Waals surface area contributed by atoms with Crippen LogP contribution in [0.3, 0.4) is 0 Å². The predicted octanol–water partition coefficient (Wildman–Crippen LogP) is 3.48. The van der Waals surface area contributed by atoms with Gasteiger partial charge in [0.15, 0.2) is 5.78 Å². The van der Waals surface area contributed by atoms with E-state index in [2.05, 4.69) is 0 Å². The first kappa shape index (κ1) is 11.6. The standard InChI is InChI=1S/C13H15ClO2/c14-12-6-2-1-5-11(12)13(15)8-7-10-4-3-9-16-10/h1-2,5-6,10H,3-4,7-9H2. The van der Waals surface area contributed by atoms with E-state index < -0.39 is 0 Å². The van der Waals surface area contributed by atoms with Gasteiger partial charge in [0.25, 0.3) is 0 Å². The molecular formula is C13H15ClO2. The van der Waals surface area contributed by atoms with E-state index in [9.17, 15) is 4.79 Å². The molecule has 1 atom stereocenters. The molecule has 86 valence electrons. The van der Waals surface area contributed by atoms with Gasteiger partial charge in [0.1, 0.15) is 0 Å². The lowest BCUT2D eigenvalue weighted by molar-refractivity contribution is 0.0859. The van der Waals surface area contributed by atoms with E-state index in [0.717, 1.165) is 25.9 Å². The van der Waals surface area contributed by atoms with Crippen molar-refractivity contribution in [3.8, 4) is 0 Å². The lowest BCUT2D eigenvalue weighted by Crippen LogP contribution is -2.09. The van der Waals surface area contributed by atoms with Crippen molar-refractivity contribution in [1.29, 1.82) is 0 Å². The summed E-state index contributed by atoms with van der Waals surface area (Å²) >= 11 is 5.96. The highest BCUT2D eigenvalue weighted by molar-refractivity contribution is 6.33. The summed E-state index contributed by atoms with van der Waals surface area (Å²) in [6.07, 6.45) is 3.80. The quantitative estimate of drug-likeness (QED) is 0.751. The molecule has 3 heteroatoms. The van der Waals surface area contributed by atoms with Gasteiger partial charge in [-0.2, -0.15) is 0 Å². The molecular weight excluding hydrogens is 224 g/mol. The normalized spacial score (nSPS) is 19.9. The third-order valence-corrected chi connectivity index (χ3v) is 3.22. The van der Waals surface area contributed by atoms with Crippen molar-refractivity contribution in [2.24, 2.45) is 0 Å². The minimum atomic E-state index is 0.112. The zero-order chi connectivity index (χ0) is 11.4. The largest absolute Gasteiger partial charge is 0.378 e. The third-order valence-electron chi connectivity index (χ3n) is 2.89. The lowest BCUT2D eigenvalue weighted by Gasteiger charge is -2.08. The van der Waals surface area contributed by atoms with Crippen LogP contribution in [0.1, 0.15) is 36.0 Å². The first-order valence-corrected chi connectivity index (χ1v) is 6.04. The summed E-state index contributed by atoms with van der Waals surface area (Å²) in [5.74, 6) is 0.112. The molecule has 2 rings (SSSR count). The van der Waals surface area contributed by atoms with E-state index in [-0.39, 0.29) is 11.9 Å². The fourth-order valence-corrected chi connectivity index (χ4v) is 2.23. The molecule has 0 amide bonds. The minimum Gasteiger partial charge on any atom is -0.378 e. The fourth-order valence-electron chi connectivity index (χ4n) is 1.99. The number of carbonyl (C=O) groups excluding carboxylic acids is 1. The van der Waals surface area contributed by atoms with Crippen LogP contribution in [0, 0.1) is 0 Å². The second-order valence-electron chi connectivity index (χ2n) is 4.08. The monoisotopic (exact) mass is 238 g/mol. The van der Waals surface area contributed by atoms with Gasteiger partial charge in [-0.25, -0.2) is 0 Å². The highest BCUT2D eigenvalue weighted by Crippen LogP contribution is 2.21. The minimum absolute atomic E-state index is 0.112. The summed E-state index contributed by atoms with van der Waals surface area (Å²) in [5.41, 5.74) is 0.627. The maximum Gasteiger partial charge on any atom is 0.164 e. The zero-order valence-electron chi connectivity index (χ0n) is 9.12. The molecule has 1 aliphatic rings. The van der Waals surface area contributed by atoms with Crippen molar-refractivity contribution in [1.82, 2.24) is 0 Å². The SMILES string of the molecule is O=C(CCC1CCCO1)c1ccccc1Cl. The predicted molar refractivity (Wildman–Crippen MR) is 64.0 cm³/mol. The number of ketones is 1. The summed E-state index contributed by atoms with van der Waals surface area (Å²) in [7, 11) is 0. The Labute approximate surface area is 101 Å². The molecule has 1 fully saturated rings. The number of hydrogen-bond donors (Lipinski definition) is 0. The average Bonchev–Trinajstić information content (AvgIpc) is 2.79. The summed E-state index contributed by atoms with van der Waals surface area (Å²) in [6, 6.07) is 7.20. The maximum absolute atomic E-state index is 11.9. The molecule has 1 aromatic carbocycles. The van der Waals surface area contributed by atoms with E-state index in [1.165, 1.54) is 0 Å². The second-order valence-corrected chi connectivity index (χ2v) is 4.48. The number of hydrogen-bond acceptors (Lipinski definition) is 2. The molecule has 0 aromatic heterocycles. The number of rotatable bonds is 4. The number of carbonyl (C=O) groups is 1. The smallest absolute Gasteiger partial charge is 0.164 e. The molecule has 1 heterocycles. The molecule has 0 N–H and O–H groups in total. The molecule has 1 aliphatic heterocycles. The molecule has 0 radical (unpaired) electrons. The number of halogens is 1. The average molecular weight is 239 g/mol. The van der Waals surface area contributed by atoms with Gasteiger partial charge < -0.3 is 4.74 Å². The van der Waals surface area contributed by atoms with Crippen molar-refractivity contribution < 1.29 is 9.53 Å². The van der Waals surface area contributed by atoms with Crippen molar-refractivity contribution in [2.75, 3.05) is 6.61 Å². The van der Waals surface area contributed by atoms with Crippen molar-refractivity contribution in [3.05, 3.63) is 34.9 Å². The van der Waals surface area contributed by atoms with Crippen molar-refractivity contribution in [2.45, 2.75) is 31.8 Å². The molecule has 2 nitrogen and oxygen atoms in total. The molecule has 1 aromatic rings. The Morgan fingerprint density at radius 1 is 1.44 bits per heavy atom. The zero-order valence-corrected chi connectivity index (χ0v) is 9.87. The molecule has 16 heavy (non-hydrogen) atoms. The van der Waals surface area contributed by atoms with Gasteiger partial charge in [-0.3, -0.25) is 4.79 Å². The van der Waals surface area contributed by atoms with E-state index in [1.54, 1.807) is 12.1 Å². The highest BCUT2D eigenvalue weighted by atomic mass is 35.5. The first-order valence-electron chi connectivity index (χ1n) is 5.66. The molecule has 0 spiro atoms.